The summed E-state index contributed by atoms with van der Waals surface area (Å²) in [7, 11) is 0. The first-order valence-electron chi connectivity index (χ1n) is 8.88. The van der Waals surface area contributed by atoms with Crippen molar-refractivity contribution in [3.63, 3.8) is 0 Å². The molecule has 0 aromatic heterocycles. The molecule has 0 radical (unpaired) electrons. The van der Waals surface area contributed by atoms with Crippen LogP contribution in [-0.4, -0.2) is 10.2 Å². The molecule has 2 heteroatoms. The fourth-order valence-electron chi connectivity index (χ4n) is 3.93. The lowest BCUT2D eigenvalue weighted by molar-refractivity contribution is 0.438. The lowest BCUT2D eigenvalue weighted by atomic mass is 9.68. The van der Waals surface area contributed by atoms with E-state index in [4.69, 9.17) is 0 Å². The number of phenols is 2. The summed E-state index contributed by atoms with van der Waals surface area (Å²) in [5, 5.41) is 20.3. The van der Waals surface area contributed by atoms with Crippen LogP contribution >= 0.6 is 0 Å². The summed E-state index contributed by atoms with van der Waals surface area (Å²) in [6.07, 6.45) is 3.09. The maximum atomic E-state index is 10.2. The fourth-order valence-corrected chi connectivity index (χ4v) is 3.93. The number of hydrogen-bond donors (Lipinski definition) is 2. The molecule has 0 aliphatic heterocycles. The molecule has 0 spiro atoms. The summed E-state index contributed by atoms with van der Waals surface area (Å²) in [5.41, 5.74) is 6.10. The van der Waals surface area contributed by atoms with Gasteiger partial charge in [0.05, 0.1) is 0 Å². The molecule has 0 heterocycles. The van der Waals surface area contributed by atoms with Crippen LogP contribution in [-0.2, 0) is 5.41 Å². The molecule has 0 aliphatic carbocycles. The number of hydrogen-bond acceptors (Lipinski definition) is 2. The second-order valence-corrected chi connectivity index (χ2v) is 7.10. The van der Waals surface area contributed by atoms with Crippen molar-refractivity contribution in [2.45, 2.75) is 66.2 Å². The maximum absolute atomic E-state index is 10.2. The first-order chi connectivity index (χ1) is 11.3. The Kier molecular flexibility index (Phi) is 5.27. The highest BCUT2D eigenvalue weighted by molar-refractivity contribution is 5.52. The van der Waals surface area contributed by atoms with E-state index in [1.165, 1.54) is 11.1 Å². The molecule has 0 aliphatic rings. The molecule has 2 rings (SSSR count). The number of benzene rings is 2. The zero-order valence-corrected chi connectivity index (χ0v) is 15.8. The van der Waals surface area contributed by atoms with E-state index in [1.54, 1.807) is 0 Å². The fraction of sp³-hybridized carbons (Fsp3) is 0.455. The highest BCUT2D eigenvalue weighted by atomic mass is 16.3. The van der Waals surface area contributed by atoms with Crippen LogP contribution in [0.4, 0.5) is 0 Å². The molecule has 130 valence electrons. The number of aromatic hydroxyl groups is 2. The zero-order chi connectivity index (χ0) is 18.1. The average Bonchev–Trinajstić information content (AvgIpc) is 2.54. The van der Waals surface area contributed by atoms with E-state index < -0.39 is 0 Å². The zero-order valence-electron chi connectivity index (χ0n) is 15.8. The normalized spacial score (nSPS) is 11.8. The van der Waals surface area contributed by atoms with Crippen molar-refractivity contribution in [3.8, 4) is 11.5 Å². The molecular formula is C22H30O2. The van der Waals surface area contributed by atoms with Crippen LogP contribution in [0.15, 0.2) is 24.3 Å². The van der Waals surface area contributed by atoms with Gasteiger partial charge < -0.3 is 10.2 Å². The van der Waals surface area contributed by atoms with E-state index in [9.17, 15) is 10.2 Å². The molecule has 0 unspecified atom stereocenters. The summed E-state index contributed by atoms with van der Waals surface area (Å²) in [5.74, 6) is 0.775. The van der Waals surface area contributed by atoms with E-state index in [0.29, 0.717) is 11.5 Å². The van der Waals surface area contributed by atoms with Gasteiger partial charge >= 0.3 is 0 Å². The average molecular weight is 326 g/mol. The lowest BCUT2D eigenvalue weighted by Gasteiger charge is -2.35. The number of rotatable bonds is 5. The Hall–Kier alpha value is -1.96. The third-order valence-corrected chi connectivity index (χ3v) is 5.37. The van der Waals surface area contributed by atoms with Gasteiger partial charge in [-0.25, -0.2) is 0 Å². The van der Waals surface area contributed by atoms with Crippen molar-refractivity contribution >= 4 is 0 Å². The maximum Gasteiger partial charge on any atom is 0.121 e. The van der Waals surface area contributed by atoms with Crippen LogP contribution in [0.2, 0.25) is 0 Å². The van der Waals surface area contributed by atoms with E-state index in [2.05, 4.69) is 38.1 Å². The second kappa shape index (κ2) is 6.88. The smallest absolute Gasteiger partial charge is 0.121 e. The summed E-state index contributed by atoms with van der Waals surface area (Å²) >= 11 is 0. The molecule has 2 aromatic carbocycles. The Balaban J connectivity index is 2.76. The highest BCUT2D eigenvalue weighted by Crippen LogP contribution is 2.43. The SMILES string of the molecule is CCCC(CC)(c1cc(C)c(O)c(C)c1)c1cc(C)c(O)c(C)c1. The van der Waals surface area contributed by atoms with E-state index in [0.717, 1.165) is 41.5 Å². The quantitative estimate of drug-likeness (QED) is 0.726. The predicted molar refractivity (Wildman–Crippen MR) is 101 cm³/mol. The van der Waals surface area contributed by atoms with Gasteiger partial charge in [0.2, 0.25) is 0 Å². The Morgan fingerprint density at radius 3 is 1.29 bits per heavy atom. The Bertz CT molecular complexity index is 640. The van der Waals surface area contributed by atoms with Crippen molar-refractivity contribution in [1.29, 1.82) is 0 Å². The minimum absolute atomic E-state index is 0.0960. The Morgan fingerprint density at radius 1 is 0.708 bits per heavy atom. The van der Waals surface area contributed by atoms with Crippen LogP contribution in [0, 0.1) is 27.7 Å². The van der Waals surface area contributed by atoms with Crippen molar-refractivity contribution in [2.24, 2.45) is 0 Å². The lowest BCUT2D eigenvalue weighted by Crippen LogP contribution is -2.27. The van der Waals surface area contributed by atoms with Gasteiger partial charge in [0.1, 0.15) is 11.5 Å². The largest absolute Gasteiger partial charge is 0.507 e. The molecule has 0 bridgehead atoms. The van der Waals surface area contributed by atoms with Gasteiger partial charge in [-0.2, -0.15) is 0 Å². The van der Waals surface area contributed by atoms with Crippen LogP contribution < -0.4 is 0 Å². The summed E-state index contributed by atoms with van der Waals surface area (Å²) in [6.45, 7) is 12.3. The van der Waals surface area contributed by atoms with Gasteiger partial charge in [-0.1, -0.05) is 44.5 Å². The Labute approximate surface area is 146 Å². The molecule has 0 saturated heterocycles. The van der Waals surface area contributed by atoms with E-state index >= 15 is 0 Å². The molecule has 0 fully saturated rings. The molecule has 2 N–H and O–H groups in total. The number of aryl methyl sites for hydroxylation is 4. The molecule has 0 saturated carbocycles. The molecule has 0 atom stereocenters. The molecular weight excluding hydrogens is 296 g/mol. The van der Waals surface area contributed by atoms with Crippen LogP contribution in [0.25, 0.3) is 0 Å². The molecule has 2 aromatic rings. The van der Waals surface area contributed by atoms with Gasteiger partial charge in [0.25, 0.3) is 0 Å². The van der Waals surface area contributed by atoms with Gasteiger partial charge in [-0.05, 0) is 73.9 Å². The monoisotopic (exact) mass is 326 g/mol. The molecule has 0 amide bonds. The summed E-state index contributed by atoms with van der Waals surface area (Å²) in [6, 6.07) is 8.50. The standard InChI is InChI=1S/C22H30O2/c1-7-9-22(8-2,18-10-14(3)20(23)15(4)11-18)19-12-16(5)21(24)17(6)13-19/h10-13,23-24H,7-9H2,1-6H3. The van der Waals surface area contributed by atoms with Crippen molar-refractivity contribution < 1.29 is 10.2 Å². The minimum atomic E-state index is -0.0960. The van der Waals surface area contributed by atoms with Crippen molar-refractivity contribution in [3.05, 3.63) is 57.6 Å². The number of phenolic OH excluding ortho intramolecular Hbond substituents is 2. The summed E-state index contributed by atoms with van der Waals surface area (Å²) in [4.78, 5) is 0. The predicted octanol–water partition coefficient (Wildman–Crippen LogP) is 5.83. The topological polar surface area (TPSA) is 40.5 Å². The van der Waals surface area contributed by atoms with Crippen LogP contribution in [0.5, 0.6) is 11.5 Å². The molecule has 2 nitrogen and oxygen atoms in total. The third-order valence-electron chi connectivity index (χ3n) is 5.37. The van der Waals surface area contributed by atoms with Crippen molar-refractivity contribution in [1.82, 2.24) is 0 Å². The van der Waals surface area contributed by atoms with E-state index in [-0.39, 0.29) is 5.41 Å². The van der Waals surface area contributed by atoms with Gasteiger partial charge in [0, 0.05) is 5.41 Å². The highest BCUT2D eigenvalue weighted by Gasteiger charge is 2.33. The third kappa shape index (κ3) is 3.02. The Morgan fingerprint density at radius 2 is 1.04 bits per heavy atom. The first kappa shape index (κ1) is 18.4. The van der Waals surface area contributed by atoms with Crippen molar-refractivity contribution in [2.75, 3.05) is 0 Å². The van der Waals surface area contributed by atoms with Gasteiger partial charge in [0.15, 0.2) is 0 Å². The van der Waals surface area contributed by atoms with Crippen LogP contribution in [0.1, 0.15) is 66.5 Å². The molecule has 24 heavy (non-hydrogen) atoms. The summed E-state index contributed by atoms with van der Waals surface area (Å²) < 4.78 is 0. The first-order valence-corrected chi connectivity index (χ1v) is 8.88. The van der Waals surface area contributed by atoms with Gasteiger partial charge in [-0.3, -0.25) is 0 Å². The van der Waals surface area contributed by atoms with E-state index in [1.807, 2.05) is 27.7 Å². The van der Waals surface area contributed by atoms with Gasteiger partial charge in [-0.15, -0.1) is 0 Å². The van der Waals surface area contributed by atoms with Crippen LogP contribution in [0.3, 0.4) is 0 Å². The second-order valence-electron chi connectivity index (χ2n) is 7.10. The minimum Gasteiger partial charge on any atom is -0.507 e.